The number of amides is 2. The van der Waals surface area contributed by atoms with Crippen LogP contribution in [-0.2, 0) is 11.4 Å². The minimum Gasteiger partial charge on any atom is -0.489 e. The van der Waals surface area contributed by atoms with E-state index in [1.165, 1.54) is 0 Å². The minimum atomic E-state index is -0.248. The highest BCUT2D eigenvalue weighted by Crippen LogP contribution is 2.30. The SMILES string of the molecule is Cc1ccc(OC2=CC=C3NC(NC(=O)C4CC4)=CN3N2)cc1NC(=O)c1cccc(OCc2ccccc2)c1. The van der Waals surface area contributed by atoms with Gasteiger partial charge in [0.05, 0.1) is 6.20 Å². The number of ether oxygens (including phenoxy) is 2. The van der Waals surface area contributed by atoms with Crippen molar-refractivity contribution in [2.45, 2.75) is 26.4 Å². The molecule has 3 aliphatic rings. The number of carbonyl (C=O) groups excluding carboxylic acids is 2. The number of hydrogen-bond acceptors (Lipinski definition) is 7. The molecule has 9 nitrogen and oxygen atoms in total. The van der Waals surface area contributed by atoms with Gasteiger partial charge in [-0.15, -0.1) is 0 Å². The van der Waals surface area contributed by atoms with Crippen LogP contribution in [0.3, 0.4) is 0 Å². The Labute approximate surface area is 232 Å². The molecule has 0 unspecified atom stereocenters. The molecule has 1 fully saturated rings. The first-order chi connectivity index (χ1) is 19.5. The van der Waals surface area contributed by atoms with Crippen LogP contribution in [0.4, 0.5) is 5.69 Å². The zero-order valence-corrected chi connectivity index (χ0v) is 21.9. The Kier molecular flexibility index (Phi) is 6.84. The topological polar surface area (TPSA) is 104 Å². The fourth-order valence-electron chi connectivity index (χ4n) is 4.24. The van der Waals surface area contributed by atoms with E-state index in [-0.39, 0.29) is 17.7 Å². The number of carbonyl (C=O) groups is 2. The van der Waals surface area contributed by atoms with Crippen molar-refractivity contribution < 1.29 is 19.1 Å². The number of benzene rings is 3. The van der Waals surface area contributed by atoms with Crippen molar-refractivity contribution in [2.75, 3.05) is 5.32 Å². The van der Waals surface area contributed by atoms with E-state index in [1.807, 2.05) is 61.5 Å². The van der Waals surface area contributed by atoms with Crippen LogP contribution in [0, 0.1) is 12.8 Å². The third-order valence-corrected chi connectivity index (χ3v) is 6.64. The molecule has 2 heterocycles. The molecule has 0 aromatic heterocycles. The number of aryl methyl sites for hydroxylation is 1. The lowest BCUT2D eigenvalue weighted by molar-refractivity contribution is -0.121. The summed E-state index contributed by atoms with van der Waals surface area (Å²) < 4.78 is 11.9. The summed E-state index contributed by atoms with van der Waals surface area (Å²) in [6, 6.07) is 22.5. The number of anilines is 1. The fourth-order valence-corrected chi connectivity index (χ4v) is 4.24. The predicted octanol–water partition coefficient (Wildman–Crippen LogP) is 4.64. The fraction of sp³-hybridized carbons (Fsp3) is 0.161. The zero-order chi connectivity index (χ0) is 27.5. The average Bonchev–Trinajstić information content (AvgIpc) is 3.75. The van der Waals surface area contributed by atoms with Gasteiger partial charge in [-0.25, -0.2) is 5.01 Å². The van der Waals surface area contributed by atoms with Crippen LogP contribution in [0.1, 0.15) is 34.3 Å². The van der Waals surface area contributed by atoms with Crippen molar-refractivity contribution in [3.05, 3.63) is 125 Å². The summed E-state index contributed by atoms with van der Waals surface area (Å²) in [6.07, 6.45) is 7.29. The second-order valence-electron chi connectivity index (χ2n) is 9.83. The maximum atomic E-state index is 13.1. The molecule has 0 radical (unpaired) electrons. The van der Waals surface area contributed by atoms with Crippen LogP contribution in [-0.4, -0.2) is 16.8 Å². The molecule has 0 atom stereocenters. The summed E-state index contributed by atoms with van der Waals surface area (Å²) in [5.74, 6) is 2.94. The highest BCUT2D eigenvalue weighted by molar-refractivity contribution is 6.05. The van der Waals surface area contributed by atoms with E-state index in [2.05, 4.69) is 21.4 Å². The van der Waals surface area contributed by atoms with E-state index < -0.39 is 0 Å². The molecule has 6 rings (SSSR count). The Balaban J connectivity index is 1.08. The Hall–Kier alpha value is -5.18. The molecule has 9 heteroatoms. The Morgan fingerprint density at radius 1 is 0.950 bits per heavy atom. The summed E-state index contributed by atoms with van der Waals surface area (Å²) in [5.41, 5.74) is 6.23. The minimum absolute atomic E-state index is 0.0318. The molecule has 1 saturated carbocycles. The summed E-state index contributed by atoms with van der Waals surface area (Å²) in [6.45, 7) is 2.34. The van der Waals surface area contributed by atoms with Crippen LogP contribution in [0.25, 0.3) is 0 Å². The maximum absolute atomic E-state index is 13.1. The van der Waals surface area contributed by atoms with Crippen LogP contribution in [0.5, 0.6) is 11.5 Å². The summed E-state index contributed by atoms with van der Waals surface area (Å²) in [5, 5.41) is 10.8. The van der Waals surface area contributed by atoms with Crippen molar-refractivity contribution in [3.63, 3.8) is 0 Å². The van der Waals surface area contributed by atoms with Gasteiger partial charge >= 0.3 is 0 Å². The number of hydrazine groups is 1. The predicted molar refractivity (Wildman–Crippen MR) is 150 cm³/mol. The lowest BCUT2D eigenvalue weighted by atomic mass is 10.1. The van der Waals surface area contributed by atoms with Gasteiger partial charge in [0, 0.05) is 29.3 Å². The molecular weight excluding hydrogens is 506 g/mol. The first kappa shape index (κ1) is 25.1. The monoisotopic (exact) mass is 535 g/mol. The second-order valence-corrected chi connectivity index (χ2v) is 9.83. The number of allylic oxidation sites excluding steroid dienone is 2. The summed E-state index contributed by atoms with van der Waals surface area (Å²) >= 11 is 0. The van der Waals surface area contributed by atoms with Crippen molar-refractivity contribution >= 4 is 17.5 Å². The maximum Gasteiger partial charge on any atom is 0.255 e. The molecule has 0 saturated heterocycles. The number of nitrogens with zero attached hydrogens (tertiary/aromatic N) is 1. The lowest BCUT2D eigenvalue weighted by Gasteiger charge is -2.24. The molecule has 40 heavy (non-hydrogen) atoms. The largest absolute Gasteiger partial charge is 0.489 e. The first-order valence-corrected chi connectivity index (χ1v) is 13.1. The highest BCUT2D eigenvalue weighted by Gasteiger charge is 2.31. The van der Waals surface area contributed by atoms with E-state index in [0.29, 0.717) is 41.1 Å². The quantitative estimate of drug-likeness (QED) is 0.317. The Morgan fingerprint density at radius 2 is 1.80 bits per heavy atom. The van der Waals surface area contributed by atoms with Crippen LogP contribution < -0.4 is 30.8 Å². The van der Waals surface area contributed by atoms with E-state index in [1.54, 1.807) is 41.6 Å². The zero-order valence-electron chi connectivity index (χ0n) is 21.9. The number of rotatable bonds is 9. The highest BCUT2D eigenvalue weighted by atomic mass is 16.5. The van der Waals surface area contributed by atoms with Crippen molar-refractivity contribution in [1.82, 2.24) is 21.1 Å². The third-order valence-electron chi connectivity index (χ3n) is 6.64. The van der Waals surface area contributed by atoms with Gasteiger partial charge in [0.25, 0.3) is 5.91 Å². The molecule has 3 aromatic rings. The molecule has 0 bridgehead atoms. The second kappa shape index (κ2) is 10.9. The van der Waals surface area contributed by atoms with Crippen molar-refractivity contribution in [3.8, 4) is 11.5 Å². The van der Waals surface area contributed by atoms with E-state index in [0.717, 1.165) is 29.8 Å². The number of nitrogens with one attached hydrogen (secondary N) is 4. The van der Waals surface area contributed by atoms with Gasteiger partial charge < -0.3 is 25.4 Å². The van der Waals surface area contributed by atoms with Gasteiger partial charge in [-0.3, -0.25) is 15.0 Å². The van der Waals surface area contributed by atoms with Crippen LogP contribution in [0.15, 0.2) is 109 Å². The van der Waals surface area contributed by atoms with Gasteiger partial charge in [-0.1, -0.05) is 42.5 Å². The third kappa shape index (κ3) is 5.94. The van der Waals surface area contributed by atoms with E-state index >= 15 is 0 Å². The number of hydrogen-bond donors (Lipinski definition) is 4. The van der Waals surface area contributed by atoms with Crippen LogP contribution >= 0.6 is 0 Å². The van der Waals surface area contributed by atoms with Gasteiger partial charge in [-0.05, 0) is 61.2 Å². The van der Waals surface area contributed by atoms with Crippen molar-refractivity contribution in [1.29, 1.82) is 0 Å². The Morgan fingerprint density at radius 3 is 2.62 bits per heavy atom. The molecule has 1 aliphatic carbocycles. The Bertz CT molecular complexity index is 1540. The van der Waals surface area contributed by atoms with Crippen molar-refractivity contribution in [2.24, 2.45) is 5.92 Å². The van der Waals surface area contributed by atoms with Gasteiger partial charge in [0.15, 0.2) is 0 Å². The summed E-state index contributed by atoms with van der Waals surface area (Å²) in [7, 11) is 0. The molecule has 202 valence electrons. The van der Waals surface area contributed by atoms with Crippen LogP contribution in [0.2, 0.25) is 0 Å². The molecule has 2 aliphatic heterocycles. The smallest absolute Gasteiger partial charge is 0.255 e. The molecule has 3 aromatic carbocycles. The standard InChI is InChI=1S/C31H29N5O4/c1-20-10-13-25(40-29-15-14-28-33-27(18-36(28)35-29)34-30(37)22-11-12-22)17-26(20)32-31(38)23-8-5-9-24(16-23)39-19-21-6-3-2-4-7-21/h2-10,13-18,22,33,35H,11-12,19H2,1H3,(H,32,38)(H,34,37). The first-order valence-electron chi connectivity index (χ1n) is 13.1. The average molecular weight is 536 g/mol. The summed E-state index contributed by atoms with van der Waals surface area (Å²) in [4.78, 5) is 25.2. The molecule has 4 N–H and O–H groups in total. The normalized spacial score (nSPS) is 15.4. The molecular formula is C31H29N5O4. The molecule has 2 amide bonds. The van der Waals surface area contributed by atoms with Gasteiger partial charge in [0.1, 0.15) is 29.7 Å². The van der Waals surface area contributed by atoms with Gasteiger partial charge in [-0.2, -0.15) is 0 Å². The van der Waals surface area contributed by atoms with E-state index in [4.69, 9.17) is 9.47 Å². The van der Waals surface area contributed by atoms with Gasteiger partial charge in [0.2, 0.25) is 11.8 Å². The lowest BCUT2D eigenvalue weighted by Crippen LogP contribution is -2.37. The number of fused-ring (bicyclic) bond motifs is 1. The molecule has 0 spiro atoms. The van der Waals surface area contributed by atoms with E-state index in [9.17, 15) is 9.59 Å².